The third-order valence-corrected chi connectivity index (χ3v) is 29.8. The van der Waals surface area contributed by atoms with Crippen molar-refractivity contribution in [1.82, 2.24) is 0 Å². The fraction of sp³-hybridized carbons (Fsp3) is 0.391. The van der Waals surface area contributed by atoms with E-state index in [4.69, 9.17) is 0 Å². The Labute approximate surface area is 318 Å². The molecule has 0 spiro atoms. The molecule has 4 aromatic rings. The van der Waals surface area contributed by atoms with E-state index in [0.29, 0.717) is 13.2 Å². The van der Waals surface area contributed by atoms with Crippen LogP contribution in [-0.2, 0) is 28.2 Å². The van der Waals surface area contributed by atoms with Crippen molar-refractivity contribution in [2.75, 3.05) is 0 Å². The second-order valence-corrected chi connectivity index (χ2v) is 49.1. The number of halogens is 2. The Hall–Kier alpha value is -1.96. The Morgan fingerprint density at radius 2 is 1.00 bits per heavy atom. The summed E-state index contributed by atoms with van der Waals surface area (Å²) < 4.78 is 6.72. The SMILES string of the molecule is CC1=Cc2c(-c3ccc(C(C)(C)C)cc3)cccc2[CH]1[Zr]([CH3])([CH3])(=[SiH2])[CH]1C(C2CCCC2)=Cc2c(-c3ccc(C(C)(C)C)cc3)cccc21.Cl.Cl. The summed E-state index contributed by atoms with van der Waals surface area (Å²) >= 11 is -3.69. The van der Waals surface area contributed by atoms with Gasteiger partial charge in [-0.15, -0.1) is 24.8 Å². The first-order valence-corrected chi connectivity index (χ1v) is 32.2. The molecule has 0 N–H and O–H groups in total. The molecule has 2 atom stereocenters. The van der Waals surface area contributed by atoms with Crippen LogP contribution < -0.4 is 0 Å². The Morgan fingerprint density at radius 3 is 1.44 bits per heavy atom. The Balaban J connectivity index is 0.00000243. The summed E-state index contributed by atoms with van der Waals surface area (Å²) in [7, 11) is 0. The summed E-state index contributed by atoms with van der Waals surface area (Å²) in [5.41, 5.74) is 18.2. The van der Waals surface area contributed by atoms with E-state index < -0.39 is 17.4 Å². The van der Waals surface area contributed by atoms with Crippen LogP contribution in [0.1, 0.15) is 115 Å². The Kier molecular flexibility index (Phi) is 10.8. The van der Waals surface area contributed by atoms with Gasteiger partial charge in [-0.25, -0.2) is 0 Å². The van der Waals surface area contributed by atoms with Crippen molar-refractivity contribution in [3.05, 3.63) is 129 Å². The van der Waals surface area contributed by atoms with Crippen molar-refractivity contribution in [2.45, 2.75) is 101 Å². The van der Waals surface area contributed by atoms with Gasteiger partial charge in [0.05, 0.1) is 0 Å². The summed E-state index contributed by atoms with van der Waals surface area (Å²) in [6.07, 6.45) is 10.7. The molecule has 4 heteroatoms. The quantitative estimate of drug-likeness (QED) is 0.176. The van der Waals surface area contributed by atoms with Crippen molar-refractivity contribution < 1.29 is 17.4 Å². The van der Waals surface area contributed by atoms with E-state index in [0.717, 1.165) is 0 Å². The molecule has 4 aromatic carbocycles. The van der Waals surface area contributed by atoms with E-state index in [1.165, 1.54) is 70.2 Å². The Morgan fingerprint density at radius 1 is 0.580 bits per heavy atom. The molecule has 0 aliphatic heterocycles. The zero-order valence-electron chi connectivity index (χ0n) is 31.8. The molecule has 0 saturated heterocycles. The van der Waals surface area contributed by atoms with Gasteiger partial charge in [-0.2, -0.15) is 0 Å². The second-order valence-electron chi connectivity index (χ2n) is 18.6. The van der Waals surface area contributed by atoms with Gasteiger partial charge in [-0.05, 0) is 0 Å². The van der Waals surface area contributed by atoms with E-state index in [-0.39, 0.29) is 35.6 Å². The van der Waals surface area contributed by atoms with E-state index in [2.05, 4.69) is 162 Å². The third-order valence-electron chi connectivity index (χ3n) is 12.2. The van der Waals surface area contributed by atoms with Crippen molar-refractivity contribution in [2.24, 2.45) is 5.92 Å². The molecule has 0 heterocycles. The maximum absolute atomic E-state index is 3.69. The first-order valence-electron chi connectivity index (χ1n) is 18.5. The summed E-state index contributed by atoms with van der Waals surface area (Å²) in [5, 5.41) is 0. The van der Waals surface area contributed by atoms with E-state index in [1.54, 1.807) is 22.3 Å². The average Bonchev–Trinajstić information content (AvgIpc) is 3.77. The van der Waals surface area contributed by atoms with Crippen LogP contribution in [0.5, 0.6) is 0 Å². The third kappa shape index (κ3) is 6.82. The van der Waals surface area contributed by atoms with Crippen molar-refractivity contribution >= 4 is 43.8 Å². The molecule has 0 nitrogen and oxygen atoms in total. The fourth-order valence-corrected chi connectivity index (χ4v) is 30.2. The minimum atomic E-state index is -3.69. The predicted octanol–water partition coefficient (Wildman–Crippen LogP) is 13.6. The second kappa shape index (κ2) is 13.8. The number of allylic oxidation sites excluding steroid dienone is 2. The first kappa shape index (κ1) is 39.3. The van der Waals surface area contributed by atoms with Crippen LogP contribution in [0.3, 0.4) is 0 Å². The smallest absolute Gasteiger partial charge is 0.147 e. The molecule has 3 aliphatic carbocycles. The number of hydrogen-bond acceptors (Lipinski definition) is 0. The Bertz CT molecular complexity index is 2020. The molecule has 0 aromatic heterocycles. The fourth-order valence-electron chi connectivity index (χ4n) is 9.88. The summed E-state index contributed by atoms with van der Waals surface area (Å²) in [4.78, 5) is 0. The molecular formula is C46H58Cl2SiZr. The van der Waals surface area contributed by atoms with Crippen molar-refractivity contribution in [1.29, 1.82) is 0 Å². The van der Waals surface area contributed by atoms with Crippen LogP contribution in [0, 0.1) is 5.92 Å². The van der Waals surface area contributed by atoms with Gasteiger partial charge in [0.1, 0.15) is 0 Å². The van der Waals surface area contributed by atoms with Crippen LogP contribution in [0.15, 0.2) is 96.1 Å². The number of rotatable bonds is 5. The summed E-state index contributed by atoms with van der Waals surface area (Å²) in [6, 6.07) is 33.3. The molecule has 1 saturated carbocycles. The van der Waals surface area contributed by atoms with Crippen LogP contribution in [0.25, 0.3) is 34.4 Å². The van der Waals surface area contributed by atoms with E-state index in [1.807, 2.05) is 0 Å². The van der Waals surface area contributed by atoms with Crippen LogP contribution in [-0.4, -0.2) is 6.88 Å². The molecule has 0 amide bonds. The maximum atomic E-state index is 2.81. The van der Waals surface area contributed by atoms with Gasteiger partial charge < -0.3 is 0 Å². The molecule has 7 rings (SSSR count). The summed E-state index contributed by atoms with van der Waals surface area (Å²) in [6.45, 7) is 18.8. The van der Waals surface area contributed by atoms with Gasteiger partial charge in [0.25, 0.3) is 0 Å². The van der Waals surface area contributed by atoms with Gasteiger partial charge in [-0.3, -0.25) is 0 Å². The molecule has 264 valence electrons. The molecule has 3 aliphatic rings. The monoisotopic (exact) mass is 798 g/mol. The number of benzene rings is 4. The zero-order chi connectivity index (χ0) is 34.2. The average molecular weight is 801 g/mol. The zero-order valence-corrected chi connectivity index (χ0v) is 37.3. The molecule has 50 heavy (non-hydrogen) atoms. The summed E-state index contributed by atoms with van der Waals surface area (Å²) in [5.74, 6) is 0.717. The van der Waals surface area contributed by atoms with Crippen LogP contribution in [0.4, 0.5) is 0 Å². The normalized spacial score (nSPS) is 19.2. The van der Waals surface area contributed by atoms with Crippen molar-refractivity contribution in [3.8, 4) is 22.3 Å². The van der Waals surface area contributed by atoms with Gasteiger partial charge in [0.2, 0.25) is 0 Å². The van der Waals surface area contributed by atoms with E-state index >= 15 is 0 Å². The standard InChI is InChI=1S/C24H27.C20H21.2CH3.2ClH.H2Si.Zr/c1-24(2,3)21-13-11-18(12-14-21)22-10-6-9-19-15-20(16-23(19)22)17-7-4-5-8-17;1-14-12-16-6-5-7-18(19(16)13-14)15-8-10-17(11-9-15)20(2,3)4;;;;;;/h6,9-17H,4-5,7-8H2,1-3H3;5-13H,1-4H3;2*1H3;2*1H;1H2;. The van der Waals surface area contributed by atoms with Gasteiger partial charge >= 0.3 is 296 Å². The van der Waals surface area contributed by atoms with E-state index in [9.17, 15) is 0 Å². The largest absolute Gasteiger partial charge is 0.147 e. The molecular weight excluding hydrogens is 743 g/mol. The van der Waals surface area contributed by atoms with Crippen LogP contribution >= 0.6 is 24.8 Å². The topological polar surface area (TPSA) is 0 Å². The van der Waals surface area contributed by atoms with Gasteiger partial charge in [-0.1, -0.05) is 0 Å². The van der Waals surface area contributed by atoms with Gasteiger partial charge in [0, 0.05) is 0 Å². The minimum absolute atomic E-state index is 0. The molecule has 1 fully saturated rings. The molecule has 0 radical (unpaired) electrons. The number of fused-ring (bicyclic) bond motifs is 2. The van der Waals surface area contributed by atoms with Gasteiger partial charge in [0.15, 0.2) is 0 Å². The molecule has 2 unspecified atom stereocenters. The first-order chi connectivity index (χ1) is 22.5. The predicted molar refractivity (Wildman–Crippen MR) is 225 cm³/mol. The minimum Gasteiger partial charge on any atom is -0.147 e. The van der Waals surface area contributed by atoms with Crippen molar-refractivity contribution in [3.63, 3.8) is 0 Å². The van der Waals surface area contributed by atoms with Crippen LogP contribution in [0.2, 0.25) is 9.26 Å². The number of hydrogen-bond donors (Lipinski definition) is 0. The molecule has 0 bridgehead atoms. The maximum Gasteiger partial charge on any atom is -0.147 e.